The molecule has 0 saturated heterocycles. The summed E-state index contributed by atoms with van der Waals surface area (Å²) in [5, 5.41) is 9.75. The van der Waals surface area contributed by atoms with Gasteiger partial charge in [0.05, 0.1) is 11.4 Å². The summed E-state index contributed by atoms with van der Waals surface area (Å²) in [7, 11) is 1.84. The number of aromatic nitrogens is 5. The van der Waals surface area contributed by atoms with Gasteiger partial charge in [0.1, 0.15) is 5.69 Å². The Morgan fingerprint density at radius 1 is 1.23 bits per heavy atom. The van der Waals surface area contributed by atoms with Crippen molar-refractivity contribution < 1.29 is 4.79 Å². The minimum Gasteiger partial charge on any atom is -0.296 e. The first kappa shape index (κ1) is 14.4. The van der Waals surface area contributed by atoms with Crippen LogP contribution in [0.15, 0.2) is 12.3 Å². The number of hydrogen-bond acceptors (Lipinski definition) is 4. The maximum absolute atomic E-state index is 11.4. The van der Waals surface area contributed by atoms with Gasteiger partial charge in [0.15, 0.2) is 11.9 Å². The normalized spacial score (nSPS) is 11.5. The second-order valence-electron chi connectivity index (χ2n) is 5.88. The van der Waals surface area contributed by atoms with Gasteiger partial charge < -0.3 is 0 Å². The first-order chi connectivity index (χ1) is 10.4. The molecule has 0 spiro atoms. The number of aldehydes is 1. The minimum atomic E-state index is 0.354. The second-order valence-corrected chi connectivity index (χ2v) is 5.88. The molecule has 0 aromatic carbocycles. The van der Waals surface area contributed by atoms with Crippen LogP contribution in [0, 0.1) is 13.8 Å². The van der Waals surface area contributed by atoms with Crippen LogP contribution in [0.4, 0.5) is 0 Å². The monoisotopic (exact) mass is 297 g/mol. The lowest BCUT2D eigenvalue weighted by atomic mass is 10.0. The summed E-state index contributed by atoms with van der Waals surface area (Å²) < 4.78 is 3.50. The van der Waals surface area contributed by atoms with Crippen LogP contribution < -0.4 is 0 Å². The van der Waals surface area contributed by atoms with Gasteiger partial charge in [-0.05, 0) is 31.4 Å². The van der Waals surface area contributed by atoms with Crippen LogP contribution >= 0.6 is 0 Å². The van der Waals surface area contributed by atoms with E-state index in [1.165, 1.54) is 5.56 Å². The summed E-state index contributed by atoms with van der Waals surface area (Å²) in [6, 6.07) is 1.92. The zero-order valence-electron chi connectivity index (χ0n) is 13.5. The molecule has 0 unspecified atom stereocenters. The number of pyridine rings is 1. The molecule has 22 heavy (non-hydrogen) atoms. The van der Waals surface area contributed by atoms with Crippen molar-refractivity contribution in [3.05, 3.63) is 34.9 Å². The van der Waals surface area contributed by atoms with Crippen LogP contribution in [0.25, 0.3) is 16.7 Å². The van der Waals surface area contributed by atoms with E-state index >= 15 is 0 Å². The zero-order valence-corrected chi connectivity index (χ0v) is 13.5. The lowest BCUT2D eigenvalue weighted by molar-refractivity contribution is 0.111. The van der Waals surface area contributed by atoms with E-state index in [0.717, 1.165) is 23.1 Å². The highest BCUT2D eigenvalue weighted by Gasteiger charge is 2.18. The van der Waals surface area contributed by atoms with Crippen LogP contribution in [-0.4, -0.2) is 30.8 Å². The molecule has 3 heterocycles. The van der Waals surface area contributed by atoms with Crippen LogP contribution in [-0.2, 0) is 7.05 Å². The van der Waals surface area contributed by atoms with Gasteiger partial charge in [-0.1, -0.05) is 13.8 Å². The molecule has 0 aliphatic heterocycles. The summed E-state index contributed by atoms with van der Waals surface area (Å²) in [5.74, 6) is 0.378. The van der Waals surface area contributed by atoms with E-state index in [-0.39, 0.29) is 0 Å². The average Bonchev–Trinajstić information content (AvgIpc) is 2.95. The van der Waals surface area contributed by atoms with Crippen molar-refractivity contribution in [3.63, 3.8) is 0 Å². The van der Waals surface area contributed by atoms with Crippen molar-refractivity contribution in [2.75, 3.05) is 0 Å². The van der Waals surface area contributed by atoms with Gasteiger partial charge in [0, 0.05) is 24.3 Å². The number of hydrogen-bond donors (Lipinski definition) is 0. The summed E-state index contributed by atoms with van der Waals surface area (Å²) in [6.45, 7) is 8.31. The van der Waals surface area contributed by atoms with E-state index in [0.29, 0.717) is 22.9 Å². The number of fused-ring (bicyclic) bond motifs is 1. The molecular formula is C16H19N5O. The number of carbonyl (C=O) groups is 1. The average molecular weight is 297 g/mol. The molecule has 0 N–H and O–H groups in total. The Balaban J connectivity index is 2.29. The van der Waals surface area contributed by atoms with E-state index in [9.17, 15) is 4.79 Å². The summed E-state index contributed by atoms with van der Waals surface area (Å²) in [6.07, 6.45) is 2.64. The van der Waals surface area contributed by atoms with Crippen LogP contribution in [0.2, 0.25) is 0 Å². The molecule has 3 aromatic heterocycles. The van der Waals surface area contributed by atoms with Crippen LogP contribution in [0.5, 0.6) is 0 Å². The largest absolute Gasteiger partial charge is 0.296 e. The Bertz CT molecular complexity index is 872. The second kappa shape index (κ2) is 5.05. The number of rotatable bonds is 3. The molecule has 0 fully saturated rings. The Hall–Kier alpha value is -2.50. The first-order valence-electron chi connectivity index (χ1n) is 7.28. The van der Waals surface area contributed by atoms with Crippen molar-refractivity contribution in [1.82, 2.24) is 24.5 Å². The lowest BCUT2D eigenvalue weighted by Gasteiger charge is -2.09. The predicted molar refractivity (Wildman–Crippen MR) is 84.6 cm³/mol. The Kier molecular flexibility index (Phi) is 3.31. The van der Waals surface area contributed by atoms with Crippen molar-refractivity contribution >= 4 is 17.3 Å². The highest BCUT2D eigenvalue weighted by molar-refractivity contribution is 5.86. The number of nitrogens with zero attached hydrogens (tertiary/aromatic N) is 5. The molecule has 0 aliphatic rings. The number of aryl methyl sites for hydroxylation is 2. The Labute approximate surface area is 128 Å². The molecule has 6 nitrogen and oxygen atoms in total. The highest BCUT2D eigenvalue weighted by atomic mass is 16.1. The third kappa shape index (κ3) is 2.11. The molecular weight excluding hydrogens is 278 g/mol. The van der Waals surface area contributed by atoms with Gasteiger partial charge in [-0.2, -0.15) is 10.2 Å². The molecule has 0 aliphatic carbocycles. The zero-order chi connectivity index (χ0) is 16.0. The maximum Gasteiger partial charge on any atom is 0.181 e. The standard InChI is InChI=1S/C16H19N5O/c1-9(2)15-10(3)18-21(11(15)4)14-6-12-7-20(5)19-16(12)17-13(14)8-22/h6-9H,1-5H3. The number of carbonyl (C=O) groups excluding carboxylic acids is 1. The third-order valence-electron chi connectivity index (χ3n) is 3.88. The summed E-state index contributed by atoms with van der Waals surface area (Å²) in [5.41, 5.74) is 4.86. The van der Waals surface area contributed by atoms with Gasteiger partial charge in [-0.25, -0.2) is 9.67 Å². The fraction of sp³-hybridized carbons (Fsp3) is 0.375. The topological polar surface area (TPSA) is 65.6 Å². The molecule has 0 saturated carbocycles. The maximum atomic E-state index is 11.4. The molecule has 0 amide bonds. The van der Waals surface area contributed by atoms with Gasteiger partial charge >= 0.3 is 0 Å². The van der Waals surface area contributed by atoms with Crippen molar-refractivity contribution in [2.45, 2.75) is 33.6 Å². The van der Waals surface area contributed by atoms with E-state index in [1.807, 2.05) is 37.8 Å². The highest BCUT2D eigenvalue weighted by Crippen LogP contribution is 2.26. The minimum absolute atomic E-state index is 0.354. The van der Waals surface area contributed by atoms with E-state index < -0.39 is 0 Å². The fourth-order valence-electron chi connectivity index (χ4n) is 3.06. The smallest absolute Gasteiger partial charge is 0.181 e. The van der Waals surface area contributed by atoms with Gasteiger partial charge in [0.2, 0.25) is 0 Å². The van der Waals surface area contributed by atoms with Crippen LogP contribution in [0.3, 0.4) is 0 Å². The summed E-state index contributed by atoms with van der Waals surface area (Å²) >= 11 is 0. The van der Waals surface area contributed by atoms with Gasteiger partial charge in [-0.3, -0.25) is 9.48 Å². The van der Waals surface area contributed by atoms with E-state index in [2.05, 4.69) is 29.0 Å². The molecule has 0 radical (unpaired) electrons. The van der Waals surface area contributed by atoms with Crippen molar-refractivity contribution in [2.24, 2.45) is 7.05 Å². The van der Waals surface area contributed by atoms with Crippen molar-refractivity contribution in [1.29, 1.82) is 0 Å². The quantitative estimate of drug-likeness (QED) is 0.697. The Morgan fingerprint density at radius 2 is 1.95 bits per heavy atom. The first-order valence-corrected chi connectivity index (χ1v) is 7.28. The predicted octanol–water partition coefficient (Wildman–Crippen LogP) is 2.71. The molecule has 6 heteroatoms. The van der Waals surface area contributed by atoms with Crippen LogP contribution in [0.1, 0.15) is 47.2 Å². The fourth-order valence-corrected chi connectivity index (χ4v) is 3.06. The van der Waals surface area contributed by atoms with E-state index in [4.69, 9.17) is 0 Å². The SMILES string of the molecule is Cc1nn(-c2cc3cn(C)nc3nc2C=O)c(C)c1C(C)C. The molecule has 0 bridgehead atoms. The van der Waals surface area contributed by atoms with E-state index in [1.54, 1.807) is 4.68 Å². The molecule has 3 aromatic rings. The van der Waals surface area contributed by atoms with Gasteiger partial charge in [-0.15, -0.1) is 0 Å². The third-order valence-corrected chi connectivity index (χ3v) is 3.88. The Morgan fingerprint density at radius 3 is 2.55 bits per heavy atom. The molecule has 0 atom stereocenters. The lowest BCUT2D eigenvalue weighted by Crippen LogP contribution is -2.06. The van der Waals surface area contributed by atoms with Gasteiger partial charge in [0.25, 0.3) is 0 Å². The molecule has 3 rings (SSSR count). The van der Waals surface area contributed by atoms with Crippen molar-refractivity contribution in [3.8, 4) is 5.69 Å². The molecule has 114 valence electrons. The summed E-state index contributed by atoms with van der Waals surface area (Å²) in [4.78, 5) is 15.8.